The highest BCUT2D eigenvalue weighted by molar-refractivity contribution is 5.68. The molecule has 1 aliphatic rings. The van der Waals surface area contributed by atoms with Crippen LogP contribution in [0.1, 0.15) is 50.2 Å². The van der Waals surface area contributed by atoms with Gasteiger partial charge in [-0.15, -0.1) is 0 Å². The van der Waals surface area contributed by atoms with E-state index in [-0.39, 0.29) is 11.8 Å². The quantitative estimate of drug-likeness (QED) is 0.855. The molecule has 0 saturated heterocycles. The Morgan fingerprint density at radius 1 is 1.45 bits per heavy atom. The molecule has 0 spiro atoms. The number of aromatic hydroxyl groups is 1. The van der Waals surface area contributed by atoms with Crippen molar-refractivity contribution in [3.63, 3.8) is 0 Å². The standard InChI is InChI=1S/C16H23NO3/c1-3-5-8-20-16(19)17-10-12(4-2)15-7-6-14(18)9-13(15)11-17/h6-7,9,12,18H,3-5,8,10-11H2,1-2H3. The molecular formula is C16H23NO3. The zero-order chi connectivity index (χ0) is 14.5. The van der Waals surface area contributed by atoms with Gasteiger partial charge in [-0.1, -0.05) is 26.3 Å². The number of carbonyl (C=O) groups is 1. The fraction of sp³-hybridized carbons (Fsp3) is 0.562. The summed E-state index contributed by atoms with van der Waals surface area (Å²) in [4.78, 5) is 13.8. The lowest BCUT2D eigenvalue weighted by Gasteiger charge is -2.33. The maximum atomic E-state index is 12.1. The van der Waals surface area contributed by atoms with E-state index in [0.717, 1.165) is 24.8 Å². The topological polar surface area (TPSA) is 49.8 Å². The second-order valence-corrected chi connectivity index (χ2v) is 5.34. The Labute approximate surface area is 120 Å². The number of hydrogen-bond donors (Lipinski definition) is 1. The largest absolute Gasteiger partial charge is 0.508 e. The summed E-state index contributed by atoms with van der Waals surface area (Å²) in [6, 6.07) is 5.44. The summed E-state index contributed by atoms with van der Waals surface area (Å²) in [5, 5.41) is 9.61. The SMILES string of the molecule is CCCCOC(=O)N1Cc2cc(O)ccc2C(CC)C1. The Morgan fingerprint density at radius 2 is 2.25 bits per heavy atom. The molecule has 0 saturated carbocycles. The molecule has 110 valence electrons. The van der Waals surface area contributed by atoms with E-state index in [1.165, 1.54) is 5.56 Å². The first-order valence-corrected chi connectivity index (χ1v) is 7.39. The van der Waals surface area contributed by atoms with E-state index >= 15 is 0 Å². The van der Waals surface area contributed by atoms with Crippen LogP contribution in [-0.4, -0.2) is 29.3 Å². The van der Waals surface area contributed by atoms with E-state index < -0.39 is 0 Å². The number of unbranched alkanes of at least 4 members (excludes halogenated alkanes) is 1. The summed E-state index contributed by atoms with van der Waals surface area (Å²) in [7, 11) is 0. The highest BCUT2D eigenvalue weighted by atomic mass is 16.6. The maximum Gasteiger partial charge on any atom is 0.410 e. The lowest BCUT2D eigenvalue weighted by atomic mass is 9.88. The van der Waals surface area contributed by atoms with Crippen LogP contribution in [0.5, 0.6) is 5.75 Å². The number of nitrogens with zero attached hydrogens (tertiary/aromatic N) is 1. The number of ether oxygens (including phenoxy) is 1. The molecule has 0 bridgehead atoms. The number of hydrogen-bond acceptors (Lipinski definition) is 3. The van der Waals surface area contributed by atoms with Crippen molar-refractivity contribution in [3.8, 4) is 5.75 Å². The van der Waals surface area contributed by atoms with Crippen molar-refractivity contribution in [1.29, 1.82) is 0 Å². The molecule has 0 fully saturated rings. The second kappa shape index (κ2) is 6.64. The first-order valence-electron chi connectivity index (χ1n) is 7.39. The Bertz CT molecular complexity index is 473. The van der Waals surface area contributed by atoms with Gasteiger partial charge in [-0.2, -0.15) is 0 Å². The van der Waals surface area contributed by atoms with Gasteiger partial charge in [0.1, 0.15) is 5.75 Å². The molecule has 1 aromatic carbocycles. The van der Waals surface area contributed by atoms with Gasteiger partial charge in [-0.25, -0.2) is 4.79 Å². The van der Waals surface area contributed by atoms with Crippen LogP contribution in [0, 0.1) is 0 Å². The first kappa shape index (κ1) is 14.7. The van der Waals surface area contributed by atoms with E-state index in [2.05, 4.69) is 13.8 Å². The minimum Gasteiger partial charge on any atom is -0.508 e. The van der Waals surface area contributed by atoms with Crippen molar-refractivity contribution in [2.24, 2.45) is 0 Å². The summed E-state index contributed by atoms with van der Waals surface area (Å²) in [6.07, 6.45) is 2.64. The highest BCUT2D eigenvalue weighted by Gasteiger charge is 2.28. The third-order valence-corrected chi connectivity index (χ3v) is 3.84. The van der Waals surface area contributed by atoms with Gasteiger partial charge in [0.2, 0.25) is 0 Å². The molecule has 0 aliphatic carbocycles. The number of phenols is 1. The smallest absolute Gasteiger partial charge is 0.410 e. The van der Waals surface area contributed by atoms with Gasteiger partial charge < -0.3 is 14.7 Å². The predicted molar refractivity (Wildman–Crippen MR) is 77.8 cm³/mol. The monoisotopic (exact) mass is 277 g/mol. The minimum absolute atomic E-state index is 0.245. The van der Waals surface area contributed by atoms with Crippen molar-refractivity contribution in [1.82, 2.24) is 4.90 Å². The molecule has 20 heavy (non-hydrogen) atoms. The van der Waals surface area contributed by atoms with E-state index in [9.17, 15) is 9.90 Å². The molecular weight excluding hydrogens is 254 g/mol. The van der Waals surface area contributed by atoms with Crippen molar-refractivity contribution in [2.45, 2.75) is 45.6 Å². The van der Waals surface area contributed by atoms with E-state index in [4.69, 9.17) is 4.74 Å². The van der Waals surface area contributed by atoms with Crippen LogP contribution in [-0.2, 0) is 11.3 Å². The zero-order valence-corrected chi connectivity index (χ0v) is 12.3. The number of amides is 1. The van der Waals surface area contributed by atoms with Crippen LogP contribution in [0.3, 0.4) is 0 Å². The van der Waals surface area contributed by atoms with Gasteiger partial charge in [-0.05, 0) is 36.1 Å². The van der Waals surface area contributed by atoms with Crippen LogP contribution in [0.4, 0.5) is 4.79 Å². The van der Waals surface area contributed by atoms with Crippen molar-refractivity contribution >= 4 is 6.09 Å². The van der Waals surface area contributed by atoms with Crippen LogP contribution in [0.25, 0.3) is 0 Å². The van der Waals surface area contributed by atoms with E-state index in [0.29, 0.717) is 25.6 Å². The Morgan fingerprint density at radius 3 is 2.95 bits per heavy atom. The summed E-state index contributed by atoms with van der Waals surface area (Å²) in [5.74, 6) is 0.567. The Balaban J connectivity index is 2.10. The lowest BCUT2D eigenvalue weighted by Crippen LogP contribution is -2.38. The molecule has 1 atom stereocenters. The zero-order valence-electron chi connectivity index (χ0n) is 12.3. The molecule has 1 N–H and O–H groups in total. The number of benzene rings is 1. The molecule has 2 rings (SSSR count). The van der Waals surface area contributed by atoms with Gasteiger partial charge in [0.25, 0.3) is 0 Å². The number of phenolic OH excluding ortho intramolecular Hbond substituents is 1. The molecule has 4 heteroatoms. The van der Waals surface area contributed by atoms with Crippen LogP contribution in [0.2, 0.25) is 0 Å². The molecule has 0 radical (unpaired) electrons. The number of fused-ring (bicyclic) bond motifs is 1. The van der Waals surface area contributed by atoms with Gasteiger partial charge >= 0.3 is 6.09 Å². The lowest BCUT2D eigenvalue weighted by molar-refractivity contribution is 0.0925. The van der Waals surface area contributed by atoms with Crippen LogP contribution < -0.4 is 0 Å². The molecule has 4 nitrogen and oxygen atoms in total. The van der Waals surface area contributed by atoms with Crippen molar-refractivity contribution in [2.75, 3.05) is 13.2 Å². The van der Waals surface area contributed by atoms with E-state index in [1.807, 2.05) is 6.07 Å². The minimum atomic E-state index is -0.245. The fourth-order valence-electron chi connectivity index (χ4n) is 2.65. The van der Waals surface area contributed by atoms with E-state index in [1.54, 1.807) is 17.0 Å². The molecule has 1 aliphatic heterocycles. The number of rotatable bonds is 4. The van der Waals surface area contributed by atoms with Gasteiger partial charge in [0.05, 0.1) is 6.61 Å². The van der Waals surface area contributed by atoms with Gasteiger partial charge in [0, 0.05) is 19.0 Å². The first-order chi connectivity index (χ1) is 9.65. The summed E-state index contributed by atoms with van der Waals surface area (Å²) in [5.41, 5.74) is 2.26. The highest BCUT2D eigenvalue weighted by Crippen LogP contribution is 2.32. The maximum absolute atomic E-state index is 12.1. The van der Waals surface area contributed by atoms with Crippen molar-refractivity contribution < 1.29 is 14.6 Å². The molecule has 0 aromatic heterocycles. The fourth-order valence-corrected chi connectivity index (χ4v) is 2.65. The summed E-state index contributed by atoms with van der Waals surface area (Å²) >= 11 is 0. The Hall–Kier alpha value is -1.71. The van der Waals surface area contributed by atoms with Gasteiger partial charge in [0.15, 0.2) is 0 Å². The molecule has 1 aromatic rings. The molecule has 1 amide bonds. The second-order valence-electron chi connectivity index (χ2n) is 5.34. The third kappa shape index (κ3) is 3.24. The normalized spacial score (nSPS) is 17.7. The summed E-state index contributed by atoms with van der Waals surface area (Å²) < 4.78 is 5.28. The third-order valence-electron chi connectivity index (χ3n) is 3.84. The molecule has 1 unspecified atom stereocenters. The number of carbonyl (C=O) groups excluding carboxylic acids is 1. The summed E-state index contributed by atoms with van der Waals surface area (Å²) in [6.45, 7) is 5.88. The van der Waals surface area contributed by atoms with Crippen LogP contribution in [0.15, 0.2) is 18.2 Å². The average Bonchev–Trinajstić information content (AvgIpc) is 2.45. The van der Waals surface area contributed by atoms with Gasteiger partial charge in [-0.3, -0.25) is 0 Å². The van der Waals surface area contributed by atoms with Crippen molar-refractivity contribution in [3.05, 3.63) is 29.3 Å². The Kier molecular flexibility index (Phi) is 4.88. The average molecular weight is 277 g/mol. The van der Waals surface area contributed by atoms with Crippen LogP contribution >= 0.6 is 0 Å². The molecule has 1 heterocycles. The predicted octanol–water partition coefficient (Wildman–Crippen LogP) is 3.64.